The Morgan fingerprint density at radius 2 is 1.80 bits per heavy atom. The fourth-order valence-corrected chi connectivity index (χ4v) is 4.57. The number of ether oxygens (including phenoxy) is 2. The maximum absolute atomic E-state index is 10.3. The zero-order valence-corrected chi connectivity index (χ0v) is 24.4. The lowest BCUT2D eigenvalue weighted by Crippen LogP contribution is -2.25. The molecule has 3 aromatic rings. The van der Waals surface area contributed by atoms with Crippen LogP contribution in [0.3, 0.4) is 0 Å². The Morgan fingerprint density at radius 1 is 1.11 bits per heavy atom. The number of benzene rings is 2. The van der Waals surface area contributed by atoms with Crippen LogP contribution in [-0.2, 0) is 18.6 Å². The Hall–Kier alpha value is -1.40. The zero-order chi connectivity index (χ0) is 25.6. The molecule has 3 rings (SSSR count). The molecule has 1 heterocycles. The maximum Gasteiger partial charge on any atom is 0.133 e. The summed E-state index contributed by atoms with van der Waals surface area (Å²) in [5, 5.41) is 27.4. The summed E-state index contributed by atoms with van der Waals surface area (Å²) in [4.78, 5) is 0. The molecule has 7 nitrogen and oxygen atoms in total. The average molecular weight is 679 g/mol. The second kappa shape index (κ2) is 12.7. The second-order valence-electron chi connectivity index (χ2n) is 9.00. The molecule has 2 N–H and O–H groups in total. The molecule has 190 valence electrons. The third-order valence-corrected chi connectivity index (χ3v) is 8.06. The lowest BCUT2D eigenvalue weighted by atomic mass is 9.78. The van der Waals surface area contributed by atoms with Gasteiger partial charge in [0, 0.05) is 17.2 Å². The number of aromatic nitrogens is 3. The number of alkyl halides is 1. The molecule has 0 saturated carbocycles. The molecule has 0 unspecified atom stereocenters. The van der Waals surface area contributed by atoms with Gasteiger partial charge in [-0.15, -0.1) is 16.7 Å². The molecule has 1 aromatic heterocycles. The summed E-state index contributed by atoms with van der Waals surface area (Å²) < 4.78 is 14.8. The Morgan fingerprint density at radius 3 is 2.40 bits per heavy atom. The summed E-state index contributed by atoms with van der Waals surface area (Å²) in [6.45, 7) is 7.13. The standard InChI is InChI=1S/C25H30BrClIN3O4/c1-16(11-27)14-35-23-9-6-18(10-21(23)26)25(2,3)17-4-7-20(8-5-17)34-15-19(33)12-31-24(28)22(13-32)29-30-31/h4-10,16,19,32-33H,11-15H2,1-3H3/t16-,19-/m1/s1. The second-order valence-corrected chi connectivity index (χ2v) is 11.2. The van der Waals surface area contributed by atoms with Crippen molar-refractivity contribution in [3.05, 3.63) is 67.5 Å². The first-order valence-electron chi connectivity index (χ1n) is 11.2. The van der Waals surface area contributed by atoms with Crippen LogP contribution in [0.25, 0.3) is 0 Å². The van der Waals surface area contributed by atoms with E-state index in [0.29, 0.717) is 27.6 Å². The summed E-state index contributed by atoms with van der Waals surface area (Å²) in [6, 6.07) is 14.1. The average Bonchev–Trinajstić information content (AvgIpc) is 3.20. The third-order valence-electron chi connectivity index (χ3n) is 5.73. The van der Waals surface area contributed by atoms with Crippen molar-refractivity contribution >= 4 is 50.1 Å². The van der Waals surface area contributed by atoms with E-state index in [1.54, 1.807) is 4.68 Å². The van der Waals surface area contributed by atoms with E-state index in [2.05, 4.69) is 59.1 Å². The van der Waals surface area contributed by atoms with Gasteiger partial charge in [0.1, 0.15) is 33.6 Å². The molecule has 0 radical (unpaired) electrons. The van der Waals surface area contributed by atoms with E-state index >= 15 is 0 Å². The number of hydrogen-bond acceptors (Lipinski definition) is 6. The van der Waals surface area contributed by atoms with Gasteiger partial charge < -0.3 is 19.7 Å². The smallest absolute Gasteiger partial charge is 0.133 e. The van der Waals surface area contributed by atoms with Gasteiger partial charge in [0.25, 0.3) is 0 Å². The topological polar surface area (TPSA) is 89.6 Å². The summed E-state index contributed by atoms with van der Waals surface area (Å²) in [6.07, 6.45) is -0.765. The Kier molecular flexibility index (Phi) is 10.2. The van der Waals surface area contributed by atoms with Gasteiger partial charge in [-0.1, -0.05) is 44.2 Å². The van der Waals surface area contributed by atoms with Crippen LogP contribution in [0.15, 0.2) is 46.9 Å². The van der Waals surface area contributed by atoms with Gasteiger partial charge in [-0.25, -0.2) is 4.68 Å². The predicted octanol–water partition coefficient (Wildman–Crippen LogP) is 5.16. The van der Waals surface area contributed by atoms with Crippen molar-refractivity contribution in [1.82, 2.24) is 15.0 Å². The van der Waals surface area contributed by atoms with Crippen LogP contribution in [0.2, 0.25) is 0 Å². The normalized spacial score (nSPS) is 13.5. The summed E-state index contributed by atoms with van der Waals surface area (Å²) >= 11 is 11.6. The van der Waals surface area contributed by atoms with E-state index in [1.165, 1.54) is 0 Å². The lowest BCUT2D eigenvalue weighted by molar-refractivity contribution is 0.0881. The Bertz CT molecular complexity index is 1110. The van der Waals surface area contributed by atoms with E-state index < -0.39 is 6.10 Å². The van der Waals surface area contributed by atoms with E-state index in [4.69, 9.17) is 21.1 Å². The van der Waals surface area contributed by atoms with Crippen molar-refractivity contribution in [2.75, 3.05) is 19.1 Å². The van der Waals surface area contributed by atoms with Crippen molar-refractivity contribution in [1.29, 1.82) is 0 Å². The van der Waals surface area contributed by atoms with E-state index in [-0.39, 0.29) is 31.1 Å². The predicted molar refractivity (Wildman–Crippen MR) is 148 cm³/mol. The number of aliphatic hydroxyl groups is 2. The van der Waals surface area contributed by atoms with Gasteiger partial charge in [-0.3, -0.25) is 0 Å². The van der Waals surface area contributed by atoms with E-state index in [9.17, 15) is 10.2 Å². The van der Waals surface area contributed by atoms with Crippen LogP contribution in [0, 0.1) is 9.62 Å². The SMILES string of the molecule is C[C@H](CCl)COc1ccc(C(C)(C)c2ccc(OC[C@H](O)Cn3nnc(CO)c3I)cc2)cc1Br. The van der Waals surface area contributed by atoms with Crippen LogP contribution >= 0.6 is 50.1 Å². The zero-order valence-electron chi connectivity index (χ0n) is 19.9. The molecule has 0 spiro atoms. The largest absolute Gasteiger partial charge is 0.492 e. The third kappa shape index (κ3) is 7.31. The van der Waals surface area contributed by atoms with Gasteiger partial charge >= 0.3 is 0 Å². The van der Waals surface area contributed by atoms with Gasteiger partial charge in [0.2, 0.25) is 0 Å². The molecule has 2 atom stereocenters. The highest BCUT2D eigenvalue weighted by Crippen LogP contribution is 2.36. The summed E-state index contributed by atoms with van der Waals surface area (Å²) in [7, 11) is 0. The molecule has 0 fully saturated rings. The molecule has 0 saturated heterocycles. The van der Waals surface area contributed by atoms with Crippen molar-refractivity contribution in [3.8, 4) is 11.5 Å². The molecular weight excluding hydrogens is 649 g/mol. The molecule has 0 bridgehead atoms. The van der Waals surface area contributed by atoms with Gasteiger partial charge in [-0.05, 0) is 73.9 Å². The minimum atomic E-state index is -0.765. The van der Waals surface area contributed by atoms with Crippen LogP contribution in [-0.4, -0.2) is 50.4 Å². The van der Waals surface area contributed by atoms with Gasteiger partial charge in [0.05, 0.1) is 24.2 Å². The molecule has 0 amide bonds. The monoisotopic (exact) mass is 677 g/mol. The van der Waals surface area contributed by atoms with Crippen molar-refractivity contribution in [3.63, 3.8) is 0 Å². The minimum Gasteiger partial charge on any atom is -0.492 e. The molecule has 2 aromatic carbocycles. The highest BCUT2D eigenvalue weighted by molar-refractivity contribution is 14.1. The summed E-state index contributed by atoms with van der Waals surface area (Å²) in [5.41, 5.74) is 2.54. The number of rotatable bonds is 12. The molecule has 0 aliphatic heterocycles. The minimum absolute atomic E-state index is 0.115. The van der Waals surface area contributed by atoms with Crippen LogP contribution in [0.5, 0.6) is 11.5 Å². The Balaban J connectivity index is 1.60. The number of hydrogen-bond donors (Lipinski definition) is 2. The first-order valence-corrected chi connectivity index (χ1v) is 13.6. The molecule has 0 aliphatic rings. The van der Waals surface area contributed by atoms with Crippen LogP contribution < -0.4 is 9.47 Å². The molecule has 35 heavy (non-hydrogen) atoms. The number of nitrogens with zero attached hydrogens (tertiary/aromatic N) is 3. The highest BCUT2D eigenvalue weighted by atomic mass is 127. The molecule has 0 aliphatic carbocycles. The molecule has 10 heteroatoms. The maximum atomic E-state index is 10.3. The van der Waals surface area contributed by atoms with E-state index in [0.717, 1.165) is 21.3 Å². The van der Waals surface area contributed by atoms with E-state index in [1.807, 2.05) is 52.9 Å². The Labute approximate surface area is 233 Å². The molecular formula is C25H30BrClIN3O4. The number of aliphatic hydroxyl groups excluding tert-OH is 2. The van der Waals surface area contributed by atoms with Crippen molar-refractivity contribution < 1.29 is 19.7 Å². The van der Waals surface area contributed by atoms with Gasteiger partial charge in [-0.2, -0.15) is 0 Å². The highest BCUT2D eigenvalue weighted by Gasteiger charge is 2.24. The summed E-state index contributed by atoms with van der Waals surface area (Å²) in [5.74, 6) is 2.32. The first kappa shape index (κ1) is 28.2. The van der Waals surface area contributed by atoms with Crippen LogP contribution in [0.4, 0.5) is 0 Å². The quantitative estimate of drug-likeness (QED) is 0.204. The fraction of sp³-hybridized carbons (Fsp3) is 0.440. The lowest BCUT2D eigenvalue weighted by Gasteiger charge is -2.27. The van der Waals surface area contributed by atoms with Gasteiger partial charge in [0.15, 0.2) is 0 Å². The van der Waals surface area contributed by atoms with Crippen LogP contribution in [0.1, 0.15) is 37.6 Å². The number of halogens is 3. The van der Waals surface area contributed by atoms with Crippen molar-refractivity contribution in [2.24, 2.45) is 5.92 Å². The van der Waals surface area contributed by atoms with Crippen molar-refractivity contribution in [2.45, 2.75) is 45.4 Å². The first-order chi connectivity index (χ1) is 16.6. The fourth-order valence-electron chi connectivity index (χ4n) is 3.41.